The number of aromatic nitrogens is 4. The highest BCUT2D eigenvalue weighted by Gasteiger charge is 2.12. The Morgan fingerprint density at radius 3 is 2.93 bits per heavy atom. The number of carbonyl (C=O) groups is 1. The fraction of sp³-hybridized carbons (Fsp3) is 0.200. The van der Waals surface area contributed by atoms with Crippen molar-refractivity contribution in [1.29, 1.82) is 0 Å². The fourth-order valence-electron chi connectivity index (χ4n) is 2.90. The molecule has 0 unspecified atom stereocenters. The van der Waals surface area contributed by atoms with Crippen molar-refractivity contribution in [3.05, 3.63) is 58.8 Å². The van der Waals surface area contributed by atoms with E-state index >= 15 is 0 Å². The molecule has 0 atom stereocenters. The molecule has 1 aromatic carbocycles. The number of hydrogen-bond donors (Lipinski definition) is 1. The third-order valence-corrected chi connectivity index (χ3v) is 5.35. The normalized spacial score (nSPS) is 11.3. The molecule has 0 bridgehead atoms. The van der Waals surface area contributed by atoms with E-state index in [9.17, 15) is 4.79 Å². The van der Waals surface area contributed by atoms with Gasteiger partial charge in [0.15, 0.2) is 5.65 Å². The Hall–Kier alpha value is -2.77. The molecule has 1 N–H and O–H groups in total. The predicted octanol–water partition coefficient (Wildman–Crippen LogP) is 4.97. The minimum Gasteiger partial charge on any atom is -0.324 e. The number of thiazole rings is 1. The van der Waals surface area contributed by atoms with Gasteiger partial charge in [0.05, 0.1) is 30.2 Å². The molecule has 3 heterocycles. The lowest BCUT2D eigenvalue weighted by Crippen LogP contribution is -2.14. The largest absolute Gasteiger partial charge is 0.324 e. The van der Waals surface area contributed by atoms with Gasteiger partial charge in [0.2, 0.25) is 5.91 Å². The number of carbonyl (C=O) groups excluding carboxylic acids is 1. The quantitative estimate of drug-likeness (QED) is 0.503. The first kappa shape index (κ1) is 18.6. The molecular formula is C20H18ClN5OS. The van der Waals surface area contributed by atoms with E-state index in [1.54, 1.807) is 12.4 Å². The number of hydrogen-bond acceptors (Lipinski definition) is 5. The van der Waals surface area contributed by atoms with E-state index in [1.807, 2.05) is 40.4 Å². The second-order valence-corrected chi connectivity index (χ2v) is 7.99. The summed E-state index contributed by atoms with van der Waals surface area (Å²) in [7, 11) is 0. The van der Waals surface area contributed by atoms with Crippen molar-refractivity contribution in [2.45, 2.75) is 26.3 Å². The van der Waals surface area contributed by atoms with Gasteiger partial charge in [0.25, 0.3) is 0 Å². The van der Waals surface area contributed by atoms with Gasteiger partial charge < -0.3 is 5.32 Å². The first-order valence-electron chi connectivity index (χ1n) is 8.83. The minimum absolute atomic E-state index is 0.139. The lowest BCUT2D eigenvalue weighted by Gasteiger charge is -2.07. The Labute approximate surface area is 171 Å². The molecule has 0 aliphatic rings. The van der Waals surface area contributed by atoms with Crippen molar-refractivity contribution in [3.8, 4) is 10.6 Å². The highest BCUT2D eigenvalue weighted by atomic mass is 35.5. The molecule has 0 aliphatic heterocycles. The van der Waals surface area contributed by atoms with Crippen LogP contribution >= 0.6 is 22.9 Å². The molecule has 0 spiro atoms. The molecule has 0 aliphatic carbocycles. The van der Waals surface area contributed by atoms with Crippen LogP contribution in [0.5, 0.6) is 0 Å². The molecule has 8 heteroatoms. The molecular weight excluding hydrogens is 394 g/mol. The molecule has 1 amide bonds. The van der Waals surface area contributed by atoms with Gasteiger partial charge in [-0.2, -0.15) is 5.10 Å². The molecule has 0 saturated carbocycles. The number of nitrogens with zero attached hydrogens (tertiary/aromatic N) is 4. The highest BCUT2D eigenvalue weighted by molar-refractivity contribution is 7.13. The summed E-state index contributed by atoms with van der Waals surface area (Å²) in [5.74, 6) is -0.139. The van der Waals surface area contributed by atoms with E-state index in [0.717, 1.165) is 27.3 Å². The van der Waals surface area contributed by atoms with Crippen LogP contribution in [0.1, 0.15) is 25.6 Å². The van der Waals surface area contributed by atoms with Gasteiger partial charge in [0, 0.05) is 27.4 Å². The van der Waals surface area contributed by atoms with Crippen LogP contribution in [-0.2, 0) is 11.2 Å². The maximum absolute atomic E-state index is 12.4. The Kier molecular flexibility index (Phi) is 5.11. The molecule has 28 heavy (non-hydrogen) atoms. The van der Waals surface area contributed by atoms with Crippen molar-refractivity contribution in [1.82, 2.24) is 19.7 Å². The average molecular weight is 412 g/mol. The third kappa shape index (κ3) is 3.90. The average Bonchev–Trinajstić information content (AvgIpc) is 3.28. The second-order valence-electron chi connectivity index (χ2n) is 6.70. The number of benzene rings is 1. The van der Waals surface area contributed by atoms with Crippen LogP contribution in [0.15, 0.2) is 48.1 Å². The van der Waals surface area contributed by atoms with E-state index in [2.05, 4.69) is 34.2 Å². The first-order valence-corrected chi connectivity index (χ1v) is 10.1. The Bertz CT molecular complexity index is 1150. The lowest BCUT2D eigenvalue weighted by atomic mass is 10.2. The van der Waals surface area contributed by atoms with Crippen LogP contribution in [0, 0.1) is 0 Å². The van der Waals surface area contributed by atoms with Crippen LogP contribution in [-0.4, -0.2) is 25.7 Å². The molecule has 3 aromatic heterocycles. The smallest absolute Gasteiger partial charge is 0.230 e. The van der Waals surface area contributed by atoms with Gasteiger partial charge in [-0.15, -0.1) is 11.3 Å². The molecule has 0 saturated heterocycles. The summed E-state index contributed by atoms with van der Waals surface area (Å²) >= 11 is 7.53. The van der Waals surface area contributed by atoms with Crippen LogP contribution in [0.25, 0.3) is 21.6 Å². The summed E-state index contributed by atoms with van der Waals surface area (Å²) in [5, 5.41) is 11.5. The summed E-state index contributed by atoms with van der Waals surface area (Å²) in [6.07, 6.45) is 3.61. The first-order chi connectivity index (χ1) is 13.5. The molecule has 0 radical (unpaired) electrons. The summed E-state index contributed by atoms with van der Waals surface area (Å²) in [6.45, 7) is 4.10. The van der Waals surface area contributed by atoms with Crippen molar-refractivity contribution in [2.24, 2.45) is 0 Å². The van der Waals surface area contributed by atoms with E-state index in [0.29, 0.717) is 10.7 Å². The number of rotatable bonds is 5. The van der Waals surface area contributed by atoms with E-state index in [-0.39, 0.29) is 18.4 Å². The van der Waals surface area contributed by atoms with Gasteiger partial charge in [-0.25, -0.2) is 14.6 Å². The van der Waals surface area contributed by atoms with E-state index in [1.165, 1.54) is 11.3 Å². The molecule has 4 rings (SSSR count). The van der Waals surface area contributed by atoms with Crippen LogP contribution in [0.2, 0.25) is 5.02 Å². The number of amides is 1. The van der Waals surface area contributed by atoms with Crippen LogP contribution in [0.4, 0.5) is 5.69 Å². The topological polar surface area (TPSA) is 72.7 Å². The van der Waals surface area contributed by atoms with Crippen molar-refractivity contribution < 1.29 is 4.79 Å². The standard InChI is InChI=1S/C20H18ClN5OS/c1-12(2)26-19-14(9-23-26)7-16(10-22-19)24-18(27)8-17-11-28-20(25-17)13-4-3-5-15(21)6-13/h3-7,9-12H,8H2,1-2H3,(H,24,27). The molecule has 142 valence electrons. The number of anilines is 1. The van der Waals surface area contributed by atoms with Gasteiger partial charge in [-0.3, -0.25) is 4.79 Å². The zero-order valence-electron chi connectivity index (χ0n) is 15.4. The summed E-state index contributed by atoms with van der Waals surface area (Å²) in [6, 6.07) is 9.63. The van der Waals surface area contributed by atoms with E-state index in [4.69, 9.17) is 11.6 Å². The fourth-order valence-corrected chi connectivity index (χ4v) is 3.91. The summed E-state index contributed by atoms with van der Waals surface area (Å²) in [4.78, 5) is 21.4. The van der Waals surface area contributed by atoms with Crippen LogP contribution < -0.4 is 5.32 Å². The molecule has 6 nitrogen and oxygen atoms in total. The zero-order valence-corrected chi connectivity index (χ0v) is 17.0. The zero-order chi connectivity index (χ0) is 19.7. The van der Waals surface area contributed by atoms with Crippen molar-refractivity contribution in [2.75, 3.05) is 5.32 Å². The Balaban J connectivity index is 1.45. The summed E-state index contributed by atoms with van der Waals surface area (Å²) in [5.41, 5.74) is 3.12. The Morgan fingerprint density at radius 1 is 1.29 bits per heavy atom. The number of halogens is 1. The lowest BCUT2D eigenvalue weighted by molar-refractivity contribution is -0.115. The molecule has 4 aromatic rings. The van der Waals surface area contributed by atoms with E-state index < -0.39 is 0 Å². The van der Waals surface area contributed by atoms with Gasteiger partial charge >= 0.3 is 0 Å². The van der Waals surface area contributed by atoms with Gasteiger partial charge in [0.1, 0.15) is 5.01 Å². The summed E-state index contributed by atoms with van der Waals surface area (Å²) < 4.78 is 1.85. The second kappa shape index (κ2) is 7.69. The SMILES string of the molecule is CC(C)n1ncc2cc(NC(=O)Cc3csc(-c4cccc(Cl)c4)n3)cnc21. The van der Waals surface area contributed by atoms with Gasteiger partial charge in [-0.05, 0) is 32.0 Å². The maximum Gasteiger partial charge on any atom is 0.230 e. The van der Waals surface area contributed by atoms with Crippen LogP contribution in [0.3, 0.4) is 0 Å². The number of nitrogens with one attached hydrogen (secondary N) is 1. The van der Waals surface area contributed by atoms with Gasteiger partial charge in [-0.1, -0.05) is 23.7 Å². The highest BCUT2D eigenvalue weighted by Crippen LogP contribution is 2.26. The monoisotopic (exact) mass is 411 g/mol. The maximum atomic E-state index is 12.4. The Morgan fingerprint density at radius 2 is 2.14 bits per heavy atom. The third-order valence-electron chi connectivity index (χ3n) is 4.17. The van der Waals surface area contributed by atoms with Crippen molar-refractivity contribution in [3.63, 3.8) is 0 Å². The minimum atomic E-state index is -0.139. The van der Waals surface area contributed by atoms with Crippen molar-refractivity contribution >= 4 is 45.6 Å². The number of pyridine rings is 1. The number of fused-ring (bicyclic) bond motifs is 1. The molecule has 0 fully saturated rings. The predicted molar refractivity (Wildman–Crippen MR) is 113 cm³/mol.